The van der Waals surface area contributed by atoms with Gasteiger partial charge in [0.25, 0.3) is 0 Å². The second-order valence-corrected chi connectivity index (χ2v) is 7.68. The smallest absolute Gasteiger partial charge is 0.336 e. The molecule has 1 saturated heterocycles. The lowest BCUT2D eigenvalue weighted by Crippen LogP contribution is -2.45. The quantitative estimate of drug-likeness (QED) is 0.599. The molecule has 0 N–H and O–H groups in total. The van der Waals surface area contributed by atoms with Gasteiger partial charge in [0, 0.05) is 50.7 Å². The minimum atomic E-state index is -0.270. The predicted octanol–water partition coefficient (Wildman–Crippen LogP) is 3.68. The fraction of sp³-hybridized carbons (Fsp3) is 0.375. The molecule has 0 aliphatic carbocycles. The van der Waals surface area contributed by atoms with Crippen molar-refractivity contribution in [1.82, 2.24) is 9.80 Å². The molecule has 29 heavy (non-hydrogen) atoms. The van der Waals surface area contributed by atoms with E-state index in [9.17, 15) is 4.79 Å². The summed E-state index contributed by atoms with van der Waals surface area (Å²) in [6.45, 7) is 7.85. The Morgan fingerprint density at radius 2 is 1.69 bits per heavy atom. The van der Waals surface area contributed by atoms with E-state index in [4.69, 9.17) is 9.15 Å². The van der Waals surface area contributed by atoms with E-state index >= 15 is 0 Å². The van der Waals surface area contributed by atoms with E-state index in [1.807, 2.05) is 24.3 Å². The van der Waals surface area contributed by atoms with Crippen molar-refractivity contribution in [2.75, 3.05) is 33.3 Å². The molecule has 0 saturated carbocycles. The molecule has 1 aliphatic rings. The number of hydrogen-bond acceptors (Lipinski definition) is 5. The Balaban J connectivity index is 1.42. The average Bonchev–Trinajstić information content (AvgIpc) is 2.75. The van der Waals surface area contributed by atoms with Crippen LogP contribution in [0.15, 0.2) is 57.7 Å². The molecule has 0 atom stereocenters. The minimum absolute atomic E-state index is 0.270. The summed E-state index contributed by atoms with van der Waals surface area (Å²) < 4.78 is 10.7. The van der Waals surface area contributed by atoms with Crippen molar-refractivity contribution in [3.05, 3.63) is 75.6 Å². The maximum atomic E-state index is 12.0. The topological polar surface area (TPSA) is 45.9 Å². The Morgan fingerprint density at radius 1 is 0.931 bits per heavy atom. The summed E-state index contributed by atoms with van der Waals surface area (Å²) in [6.07, 6.45) is 0.970. The number of piperazine rings is 1. The molecule has 2 heterocycles. The molecule has 2 aromatic carbocycles. The average molecular weight is 392 g/mol. The summed E-state index contributed by atoms with van der Waals surface area (Å²) in [7, 11) is 1.70. The van der Waals surface area contributed by atoms with E-state index < -0.39 is 0 Å². The van der Waals surface area contributed by atoms with E-state index in [1.54, 1.807) is 13.2 Å². The third kappa shape index (κ3) is 4.69. The van der Waals surface area contributed by atoms with Gasteiger partial charge in [0.05, 0.1) is 7.11 Å². The monoisotopic (exact) mass is 392 g/mol. The zero-order valence-corrected chi connectivity index (χ0v) is 17.2. The lowest BCUT2D eigenvalue weighted by Gasteiger charge is -2.34. The van der Waals surface area contributed by atoms with Gasteiger partial charge in [-0.3, -0.25) is 9.80 Å². The second-order valence-electron chi connectivity index (χ2n) is 7.68. The summed E-state index contributed by atoms with van der Waals surface area (Å²) >= 11 is 0. The standard InChI is InChI=1S/C24H28N2O3/c1-3-18-7-8-23-22(14-18)20(15-24(27)29-23)17-26-11-9-25(10-12-26)16-19-5-4-6-21(13-19)28-2/h4-8,13-15H,3,9-12,16-17H2,1-2H3. The molecule has 3 aromatic rings. The van der Waals surface area contributed by atoms with Crippen LogP contribution in [0.2, 0.25) is 0 Å². The first-order valence-electron chi connectivity index (χ1n) is 10.3. The van der Waals surface area contributed by atoms with Crippen LogP contribution in [0.1, 0.15) is 23.6 Å². The van der Waals surface area contributed by atoms with Gasteiger partial charge in [-0.2, -0.15) is 0 Å². The van der Waals surface area contributed by atoms with Crippen LogP contribution in [0.3, 0.4) is 0 Å². The van der Waals surface area contributed by atoms with Crippen LogP contribution in [0.4, 0.5) is 0 Å². The van der Waals surface area contributed by atoms with Gasteiger partial charge in [-0.1, -0.05) is 25.1 Å². The normalized spacial score (nSPS) is 15.7. The minimum Gasteiger partial charge on any atom is -0.497 e. The lowest BCUT2D eigenvalue weighted by atomic mass is 10.0. The van der Waals surface area contributed by atoms with Gasteiger partial charge in [-0.25, -0.2) is 4.79 Å². The van der Waals surface area contributed by atoms with Crippen molar-refractivity contribution < 1.29 is 9.15 Å². The number of benzene rings is 2. The Bertz CT molecular complexity index is 1040. The van der Waals surface area contributed by atoms with Crippen molar-refractivity contribution >= 4 is 11.0 Å². The number of aryl methyl sites for hydroxylation is 1. The maximum Gasteiger partial charge on any atom is 0.336 e. The van der Waals surface area contributed by atoms with Crippen molar-refractivity contribution in [3.63, 3.8) is 0 Å². The van der Waals surface area contributed by atoms with Crippen molar-refractivity contribution in [3.8, 4) is 5.75 Å². The predicted molar refractivity (Wildman–Crippen MR) is 115 cm³/mol. The molecule has 0 spiro atoms. The van der Waals surface area contributed by atoms with E-state index in [-0.39, 0.29) is 5.63 Å². The molecular formula is C24H28N2O3. The van der Waals surface area contributed by atoms with Crippen molar-refractivity contribution in [2.24, 2.45) is 0 Å². The number of fused-ring (bicyclic) bond motifs is 1. The van der Waals surface area contributed by atoms with E-state index in [2.05, 4.69) is 34.9 Å². The highest BCUT2D eigenvalue weighted by Crippen LogP contribution is 2.22. The third-order valence-corrected chi connectivity index (χ3v) is 5.70. The summed E-state index contributed by atoms with van der Waals surface area (Å²) in [5.74, 6) is 0.905. The summed E-state index contributed by atoms with van der Waals surface area (Å²) in [5, 5.41) is 1.06. The first kappa shape index (κ1) is 19.7. The molecule has 0 amide bonds. The van der Waals surface area contributed by atoms with Gasteiger partial charge in [-0.05, 0) is 47.4 Å². The fourth-order valence-electron chi connectivity index (χ4n) is 4.00. The molecule has 0 unspecified atom stereocenters. The second kappa shape index (κ2) is 8.80. The number of methoxy groups -OCH3 is 1. The fourth-order valence-corrected chi connectivity index (χ4v) is 4.00. The van der Waals surface area contributed by atoms with Crippen molar-refractivity contribution in [1.29, 1.82) is 0 Å². The lowest BCUT2D eigenvalue weighted by molar-refractivity contribution is 0.122. The number of rotatable bonds is 6. The first-order valence-corrected chi connectivity index (χ1v) is 10.3. The van der Waals surface area contributed by atoms with Gasteiger partial charge < -0.3 is 9.15 Å². The van der Waals surface area contributed by atoms with Crippen LogP contribution in [-0.4, -0.2) is 43.1 Å². The van der Waals surface area contributed by atoms with Gasteiger partial charge in [0.2, 0.25) is 0 Å². The summed E-state index contributed by atoms with van der Waals surface area (Å²) in [6, 6.07) is 16.0. The zero-order valence-electron chi connectivity index (χ0n) is 17.2. The van der Waals surface area contributed by atoms with Crippen LogP contribution in [0.5, 0.6) is 5.75 Å². The van der Waals surface area contributed by atoms with Gasteiger partial charge >= 0.3 is 5.63 Å². The molecule has 1 aliphatic heterocycles. The summed E-state index contributed by atoms with van der Waals surface area (Å²) in [5.41, 5.74) is 4.01. The highest BCUT2D eigenvalue weighted by molar-refractivity contribution is 5.80. The first-order chi connectivity index (χ1) is 14.1. The van der Waals surface area contributed by atoms with Gasteiger partial charge in [0.15, 0.2) is 0 Å². The molecule has 5 nitrogen and oxygen atoms in total. The Morgan fingerprint density at radius 3 is 2.41 bits per heavy atom. The maximum absolute atomic E-state index is 12.0. The number of hydrogen-bond donors (Lipinski definition) is 0. The van der Waals surface area contributed by atoms with Gasteiger partial charge in [0.1, 0.15) is 11.3 Å². The SMILES string of the molecule is CCc1ccc2oc(=O)cc(CN3CCN(Cc4cccc(OC)c4)CC3)c2c1. The highest BCUT2D eigenvalue weighted by Gasteiger charge is 2.19. The molecule has 0 bridgehead atoms. The Kier molecular flexibility index (Phi) is 5.97. The molecule has 1 fully saturated rings. The van der Waals surface area contributed by atoms with Crippen LogP contribution >= 0.6 is 0 Å². The Labute approximate surface area is 171 Å². The van der Waals surface area contributed by atoms with E-state index in [1.165, 1.54) is 11.1 Å². The number of ether oxygens (including phenoxy) is 1. The molecular weight excluding hydrogens is 364 g/mol. The summed E-state index contributed by atoms with van der Waals surface area (Å²) in [4.78, 5) is 16.9. The zero-order chi connectivity index (χ0) is 20.2. The molecule has 1 aromatic heterocycles. The van der Waals surface area contributed by atoms with Crippen molar-refractivity contribution in [2.45, 2.75) is 26.4 Å². The van der Waals surface area contributed by atoms with E-state index in [0.717, 1.165) is 62.4 Å². The largest absolute Gasteiger partial charge is 0.497 e. The van der Waals surface area contributed by atoms with Crippen LogP contribution < -0.4 is 10.4 Å². The van der Waals surface area contributed by atoms with Gasteiger partial charge in [-0.15, -0.1) is 0 Å². The third-order valence-electron chi connectivity index (χ3n) is 5.70. The molecule has 0 radical (unpaired) electrons. The van der Waals surface area contributed by atoms with Crippen LogP contribution in [0.25, 0.3) is 11.0 Å². The number of nitrogens with zero attached hydrogens (tertiary/aromatic N) is 2. The molecule has 4 rings (SSSR count). The molecule has 152 valence electrons. The van der Waals surface area contributed by atoms with E-state index in [0.29, 0.717) is 5.58 Å². The highest BCUT2D eigenvalue weighted by atomic mass is 16.5. The van der Waals surface area contributed by atoms with Crippen LogP contribution in [0, 0.1) is 0 Å². The molecule has 5 heteroatoms. The van der Waals surface area contributed by atoms with Crippen LogP contribution in [-0.2, 0) is 19.5 Å². The Hall–Kier alpha value is -2.63.